The molecule has 218 valence electrons. The van der Waals surface area contributed by atoms with E-state index < -0.39 is 52.6 Å². The number of carbonyl (C=O) groups is 1. The van der Waals surface area contributed by atoms with Crippen LogP contribution in [0.5, 0.6) is 5.75 Å². The lowest BCUT2D eigenvalue weighted by Gasteiger charge is -2.53. The Bertz CT molecular complexity index is 1280. The fourth-order valence-electron chi connectivity index (χ4n) is 6.56. The van der Waals surface area contributed by atoms with Crippen molar-refractivity contribution in [2.45, 2.75) is 88.3 Å². The molecule has 3 aliphatic rings. The number of halogens is 6. The minimum absolute atomic E-state index is 0.0966. The summed E-state index contributed by atoms with van der Waals surface area (Å²) in [5.74, 6) is -0.398. The van der Waals surface area contributed by atoms with Gasteiger partial charge >= 0.3 is 18.3 Å². The molecule has 4 nitrogen and oxygen atoms in total. The predicted octanol–water partition coefficient (Wildman–Crippen LogP) is 7.86. The number of rotatable bonds is 7. The maximum absolute atomic E-state index is 13.7. The Labute approximate surface area is 229 Å². The number of aliphatic carboxylic acids is 1. The van der Waals surface area contributed by atoms with E-state index in [-0.39, 0.29) is 12.0 Å². The lowest BCUT2D eigenvalue weighted by molar-refractivity contribution is -0.142. The van der Waals surface area contributed by atoms with Crippen molar-refractivity contribution in [3.63, 3.8) is 0 Å². The summed E-state index contributed by atoms with van der Waals surface area (Å²) >= 11 is 0. The number of carboxylic acids is 1. The van der Waals surface area contributed by atoms with Crippen LogP contribution in [0.2, 0.25) is 0 Å². The van der Waals surface area contributed by atoms with Gasteiger partial charge in [-0.2, -0.15) is 26.3 Å². The number of fused-ring (bicyclic) bond motifs is 1. The molecule has 0 radical (unpaired) electrons. The number of aryl methyl sites for hydroxylation is 1. The van der Waals surface area contributed by atoms with Crippen LogP contribution < -0.4 is 4.74 Å². The van der Waals surface area contributed by atoms with Gasteiger partial charge in [-0.3, -0.25) is 9.69 Å². The molecule has 2 saturated carbocycles. The number of carboxylic acid groups (broad SMARTS) is 1. The van der Waals surface area contributed by atoms with Crippen LogP contribution in [0.3, 0.4) is 0 Å². The molecule has 1 unspecified atom stereocenters. The van der Waals surface area contributed by atoms with Crippen molar-refractivity contribution >= 4 is 5.97 Å². The van der Waals surface area contributed by atoms with Gasteiger partial charge in [-0.1, -0.05) is 19.1 Å². The SMILES string of the molecule is CC(c1cc(C(F)(F)F)ccc1C(F)(F)F)N(C)C1CC2(CCc3ccc([C@H](C4CC4)[C@H](C)C(=O)O)cc3O2)C1. The quantitative estimate of drug-likeness (QED) is 0.345. The van der Waals surface area contributed by atoms with Gasteiger partial charge in [0, 0.05) is 24.9 Å². The van der Waals surface area contributed by atoms with Crippen LogP contribution in [-0.2, 0) is 23.6 Å². The third-order valence-electron chi connectivity index (χ3n) is 9.25. The summed E-state index contributed by atoms with van der Waals surface area (Å²) in [4.78, 5) is 13.5. The van der Waals surface area contributed by atoms with Crippen LogP contribution in [0.1, 0.15) is 85.7 Å². The molecule has 0 aromatic heterocycles. The van der Waals surface area contributed by atoms with Gasteiger partial charge in [0.15, 0.2) is 0 Å². The van der Waals surface area contributed by atoms with E-state index in [0.29, 0.717) is 37.0 Å². The van der Waals surface area contributed by atoms with Crippen LogP contribution in [-0.4, -0.2) is 34.7 Å². The van der Waals surface area contributed by atoms with Crippen LogP contribution >= 0.6 is 0 Å². The van der Waals surface area contributed by atoms with Crippen molar-refractivity contribution in [1.29, 1.82) is 0 Å². The van der Waals surface area contributed by atoms with E-state index in [1.54, 1.807) is 18.9 Å². The highest BCUT2D eigenvalue weighted by Gasteiger charge is 2.51. The van der Waals surface area contributed by atoms with Crippen LogP contribution in [0.25, 0.3) is 0 Å². The van der Waals surface area contributed by atoms with E-state index in [2.05, 4.69) is 0 Å². The summed E-state index contributed by atoms with van der Waals surface area (Å²) in [6.45, 7) is 3.23. The molecule has 2 aromatic rings. The molecule has 10 heteroatoms. The van der Waals surface area contributed by atoms with Crippen molar-refractivity contribution in [2.24, 2.45) is 11.8 Å². The van der Waals surface area contributed by atoms with E-state index in [0.717, 1.165) is 42.6 Å². The zero-order valence-electron chi connectivity index (χ0n) is 22.6. The third-order valence-corrected chi connectivity index (χ3v) is 9.25. The van der Waals surface area contributed by atoms with E-state index in [1.807, 2.05) is 18.2 Å². The molecule has 2 aromatic carbocycles. The fraction of sp³-hybridized carbons (Fsp3) is 0.567. The zero-order chi connectivity index (χ0) is 29.2. The minimum atomic E-state index is -4.78. The number of hydrogen-bond acceptors (Lipinski definition) is 3. The summed E-state index contributed by atoms with van der Waals surface area (Å²) in [7, 11) is 1.64. The summed E-state index contributed by atoms with van der Waals surface area (Å²) in [6, 6.07) is 6.49. The molecule has 2 aliphatic carbocycles. The largest absolute Gasteiger partial charge is 0.487 e. The summed E-state index contributed by atoms with van der Waals surface area (Å²) in [6.07, 6.45) is -4.97. The van der Waals surface area contributed by atoms with Crippen molar-refractivity contribution < 1.29 is 41.0 Å². The minimum Gasteiger partial charge on any atom is -0.487 e. The molecule has 3 atom stereocenters. The monoisotopic (exact) mass is 569 g/mol. The van der Waals surface area contributed by atoms with Gasteiger partial charge in [-0.25, -0.2) is 0 Å². The molecule has 1 aliphatic heterocycles. The number of nitrogens with zero attached hydrogens (tertiary/aromatic N) is 1. The highest BCUT2D eigenvalue weighted by Crippen LogP contribution is 2.51. The molecule has 40 heavy (non-hydrogen) atoms. The maximum atomic E-state index is 13.7. The van der Waals surface area contributed by atoms with Gasteiger partial charge in [0.25, 0.3) is 0 Å². The smallest absolute Gasteiger partial charge is 0.416 e. The normalized spacial score (nSPS) is 25.1. The van der Waals surface area contributed by atoms with Crippen LogP contribution in [0.4, 0.5) is 26.3 Å². The maximum Gasteiger partial charge on any atom is 0.416 e. The summed E-state index contributed by atoms with van der Waals surface area (Å²) in [5, 5.41) is 9.63. The Morgan fingerprint density at radius 2 is 1.70 bits per heavy atom. The second-order valence-corrected chi connectivity index (χ2v) is 11.8. The van der Waals surface area contributed by atoms with Crippen LogP contribution in [0.15, 0.2) is 36.4 Å². The Morgan fingerprint density at radius 1 is 1.02 bits per heavy atom. The van der Waals surface area contributed by atoms with Crippen molar-refractivity contribution in [3.8, 4) is 5.75 Å². The lowest BCUT2D eigenvalue weighted by atomic mass is 9.69. The van der Waals surface area contributed by atoms with Gasteiger partial charge in [0.2, 0.25) is 0 Å². The molecule has 0 amide bonds. The van der Waals surface area contributed by atoms with Crippen molar-refractivity contribution in [2.75, 3.05) is 7.05 Å². The topological polar surface area (TPSA) is 49.8 Å². The van der Waals surface area contributed by atoms with E-state index in [9.17, 15) is 36.2 Å². The molecule has 1 spiro atoms. The number of ether oxygens (including phenoxy) is 1. The first-order valence-corrected chi connectivity index (χ1v) is 13.6. The highest BCUT2D eigenvalue weighted by atomic mass is 19.4. The Balaban J connectivity index is 1.32. The Kier molecular flexibility index (Phi) is 7.16. The van der Waals surface area contributed by atoms with Gasteiger partial charge in [-0.05, 0) is 92.4 Å². The number of alkyl halides is 6. The van der Waals surface area contributed by atoms with Gasteiger partial charge in [0.05, 0.1) is 17.0 Å². The van der Waals surface area contributed by atoms with Crippen LogP contribution in [0, 0.1) is 11.8 Å². The zero-order valence-corrected chi connectivity index (χ0v) is 22.6. The fourth-order valence-corrected chi connectivity index (χ4v) is 6.56. The molecular formula is C30H33F6NO3. The average molecular weight is 570 g/mol. The average Bonchev–Trinajstić information content (AvgIpc) is 3.69. The molecule has 2 fully saturated rings. The molecule has 1 heterocycles. The Morgan fingerprint density at radius 3 is 2.27 bits per heavy atom. The molecule has 5 rings (SSSR count). The van der Waals surface area contributed by atoms with Crippen molar-refractivity contribution in [3.05, 3.63) is 64.2 Å². The number of hydrogen-bond donors (Lipinski definition) is 1. The van der Waals surface area contributed by atoms with E-state index in [1.165, 1.54) is 6.92 Å². The molecule has 0 bridgehead atoms. The first-order valence-electron chi connectivity index (χ1n) is 13.6. The molecular weight excluding hydrogens is 536 g/mol. The van der Waals surface area contributed by atoms with E-state index >= 15 is 0 Å². The standard InChI is InChI=1S/C30H33F6NO3/c1-16(27(38)39)26(19-5-6-19)20-7-4-18-10-11-28(40-25(18)12-20)14-22(15-28)37(3)17(2)23-13-21(29(31,32)33)8-9-24(23)30(34,35)36/h4,7-9,12-13,16-17,19,22,26H,5-6,10-11,14-15H2,1-3H3,(H,38,39)/t16-,17?,22?,26-,28?/m0/s1. The number of benzene rings is 2. The molecule has 0 saturated heterocycles. The first-order chi connectivity index (χ1) is 18.6. The van der Waals surface area contributed by atoms with E-state index in [4.69, 9.17) is 4.74 Å². The van der Waals surface area contributed by atoms with Crippen molar-refractivity contribution in [1.82, 2.24) is 4.90 Å². The first kappa shape index (κ1) is 28.8. The van der Waals surface area contributed by atoms with Gasteiger partial charge in [0.1, 0.15) is 11.4 Å². The summed E-state index contributed by atoms with van der Waals surface area (Å²) < 4.78 is 87.6. The second kappa shape index (κ2) is 9.96. The third kappa shape index (κ3) is 5.43. The van der Waals surface area contributed by atoms with Gasteiger partial charge < -0.3 is 9.84 Å². The highest BCUT2D eigenvalue weighted by molar-refractivity contribution is 5.71. The summed E-state index contributed by atoms with van der Waals surface area (Å²) in [5.41, 5.74) is -1.09. The lowest BCUT2D eigenvalue weighted by Crippen LogP contribution is -2.58. The predicted molar refractivity (Wildman–Crippen MR) is 136 cm³/mol. The van der Waals surface area contributed by atoms with Gasteiger partial charge in [-0.15, -0.1) is 0 Å². The Hall–Kier alpha value is -2.75. The second-order valence-electron chi connectivity index (χ2n) is 11.8. The molecule has 1 N–H and O–H groups in total.